The minimum Gasteiger partial charge on any atom is -0.351 e. The van der Waals surface area contributed by atoms with Gasteiger partial charge in [-0.25, -0.2) is 4.39 Å². The summed E-state index contributed by atoms with van der Waals surface area (Å²) >= 11 is 0. The number of nitrogens with two attached hydrogens (primary N) is 1. The summed E-state index contributed by atoms with van der Waals surface area (Å²) in [4.78, 5) is 13.9. The molecule has 0 atom stereocenters. The van der Waals surface area contributed by atoms with Gasteiger partial charge in [0.2, 0.25) is 0 Å². The van der Waals surface area contributed by atoms with Gasteiger partial charge in [-0.1, -0.05) is 11.8 Å². The van der Waals surface area contributed by atoms with E-state index >= 15 is 0 Å². The molecule has 0 radical (unpaired) electrons. The summed E-state index contributed by atoms with van der Waals surface area (Å²) in [6.45, 7) is 1.42. The zero-order valence-corrected chi connectivity index (χ0v) is 11.2. The highest BCUT2D eigenvalue weighted by Crippen LogP contribution is 2.10. The minimum atomic E-state index is -0.425. The fourth-order valence-corrected chi connectivity index (χ4v) is 1.45. The molecule has 1 rings (SSSR count). The molecule has 19 heavy (non-hydrogen) atoms. The van der Waals surface area contributed by atoms with Crippen molar-refractivity contribution in [1.82, 2.24) is 10.2 Å². The number of halogens is 1. The maximum Gasteiger partial charge on any atom is 0.252 e. The number of hydrogen-bond donors (Lipinski definition) is 2. The highest BCUT2D eigenvalue weighted by atomic mass is 19.1. The molecule has 0 saturated heterocycles. The van der Waals surface area contributed by atoms with Gasteiger partial charge in [-0.3, -0.25) is 4.79 Å². The second kappa shape index (κ2) is 7.52. The van der Waals surface area contributed by atoms with Crippen LogP contribution in [0.4, 0.5) is 4.39 Å². The summed E-state index contributed by atoms with van der Waals surface area (Å²) in [5.74, 6) is 4.65. The molecule has 0 aromatic heterocycles. The molecule has 0 saturated carbocycles. The van der Waals surface area contributed by atoms with Crippen molar-refractivity contribution in [1.29, 1.82) is 0 Å². The van der Waals surface area contributed by atoms with E-state index in [4.69, 9.17) is 5.73 Å². The van der Waals surface area contributed by atoms with Crippen molar-refractivity contribution >= 4 is 5.91 Å². The van der Waals surface area contributed by atoms with Gasteiger partial charge in [0.15, 0.2) is 0 Å². The predicted octanol–water partition coefficient (Wildman–Crippen LogP) is 0.427. The average molecular weight is 263 g/mol. The number of likely N-dealkylation sites (N-methyl/N-ethyl adjacent to an activating group) is 1. The number of rotatable bonds is 4. The van der Waals surface area contributed by atoms with Crippen LogP contribution < -0.4 is 11.1 Å². The van der Waals surface area contributed by atoms with Gasteiger partial charge in [0, 0.05) is 18.7 Å². The zero-order valence-electron chi connectivity index (χ0n) is 11.2. The van der Waals surface area contributed by atoms with Gasteiger partial charge in [0.25, 0.3) is 5.91 Å². The van der Waals surface area contributed by atoms with Crippen molar-refractivity contribution in [3.8, 4) is 11.8 Å². The molecule has 3 N–H and O–H groups in total. The van der Waals surface area contributed by atoms with Gasteiger partial charge in [-0.2, -0.15) is 0 Å². The highest BCUT2D eigenvalue weighted by molar-refractivity contribution is 5.96. The van der Waals surface area contributed by atoms with Crippen LogP contribution in [0.25, 0.3) is 0 Å². The monoisotopic (exact) mass is 263 g/mol. The Morgan fingerprint density at radius 2 is 2.21 bits per heavy atom. The maximum atomic E-state index is 13.2. The van der Waals surface area contributed by atoms with Crippen LogP contribution in [0.15, 0.2) is 18.2 Å². The molecule has 0 heterocycles. The second-order valence-corrected chi connectivity index (χ2v) is 4.25. The molecule has 0 fully saturated rings. The number of nitrogens with zero attached hydrogens (tertiary/aromatic N) is 1. The van der Waals surface area contributed by atoms with Crippen LogP contribution in [0.5, 0.6) is 0 Å². The molecular weight excluding hydrogens is 245 g/mol. The van der Waals surface area contributed by atoms with Gasteiger partial charge in [-0.15, -0.1) is 0 Å². The van der Waals surface area contributed by atoms with E-state index in [0.717, 1.165) is 6.54 Å². The Labute approximate surface area is 112 Å². The molecule has 0 aliphatic heterocycles. The smallest absolute Gasteiger partial charge is 0.252 e. The molecule has 1 amide bonds. The van der Waals surface area contributed by atoms with E-state index < -0.39 is 5.82 Å². The van der Waals surface area contributed by atoms with E-state index in [-0.39, 0.29) is 12.5 Å². The molecule has 4 nitrogen and oxygen atoms in total. The third kappa shape index (κ3) is 5.08. The Bertz CT molecular complexity index is 503. The van der Waals surface area contributed by atoms with Crippen molar-refractivity contribution in [2.45, 2.75) is 0 Å². The maximum absolute atomic E-state index is 13.2. The van der Waals surface area contributed by atoms with E-state index in [2.05, 4.69) is 17.2 Å². The van der Waals surface area contributed by atoms with Crippen LogP contribution >= 0.6 is 0 Å². The van der Waals surface area contributed by atoms with Crippen LogP contribution in [0.2, 0.25) is 0 Å². The summed E-state index contributed by atoms with van der Waals surface area (Å²) in [7, 11) is 3.84. The van der Waals surface area contributed by atoms with E-state index in [1.165, 1.54) is 18.2 Å². The Kier molecular flexibility index (Phi) is 6.00. The Morgan fingerprint density at radius 3 is 2.84 bits per heavy atom. The van der Waals surface area contributed by atoms with Crippen LogP contribution in [0, 0.1) is 17.7 Å². The van der Waals surface area contributed by atoms with Gasteiger partial charge in [-0.05, 0) is 32.3 Å². The first kappa shape index (κ1) is 15.2. The van der Waals surface area contributed by atoms with Crippen molar-refractivity contribution in [2.75, 3.05) is 33.7 Å². The van der Waals surface area contributed by atoms with Gasteiger partial charge in [0.1, 0.15) is 5.82 Å². The normalized spacial score (nSPS) is 9.95. The molecule has 0 bridgehead atoms. The lowest BCUT2D eigenvalue weighted by atomic mass is 10.1. The van der Waals surface area contributed by atoms with Crippen molar-refractivity contribution in [3.63, 3.8) is 0 Å². The standard InChI is InChI=1S/C14H18FN3O/c1-18(2)9-8-17-14(19)13-6-5-12(15)10-11(13)4-3-7-16/h5-6,10H,7-9,16H2,1-2H3,(H,17,19). The molecular formula is C14H18FN3O. The Balaban J connectivity index is 2.83. The number of carbonyl (C=O) groups excluding carboxylic acids is 1. The number of benzene rings is 1. The Morgan fingerprint density at radius 1 is 1.47 bits per heavy atom. The molecule has 1 aromatic rings. The van der Waals surface area contributed by atoms with Crippen LogP contribution in [-0.2, 0) is 0 Å². The number of hydrogen-bond acceptors (Lipinski definition) is 3. The molecule has 0 spiro atoms. The zero-order chi connectivity index (χ0) is 14.3. The number of nitrogens with one attached hydrogen (secondary N) is 1. The molecule has 1 aromatic carbocycles. The second-order valence-electron chi connectivity index (χ2n) is 4.25. The van der Waals surface area contributed by atoms with Crippen LogP contribution in [-0.4, -0.2) is 44.5 Å². The molecule has 0 aliphatic carbocycles. The largest absolute Gasteiger partial charge is 0.351 e. The van der Waals surface area contributed by atoms with Crippen molar-refractivity contribution in [2.24, 2.45) is 5.73 Å². The summed E-state index contributed by atoms with van der Waals surface area (Å²) in [6.07, 6.45) is 0. The van der Waals surface area contributed by atoms with E-state index in [9.17, 15) is 9.18 Å². The quantitative estimate of drug-likeness (QED) is 0.774. The fourth-order valence-electron chi connectivity index (χ4n) is 1.45. The summed E-state index contributed by atoms with van der Waals surface area (Å²) in [5, 5.41) is 2.76. The predicted molar refractivity (Wildman–Crippen MR) is 73.2 cm³/mol. The minimum absolute atomic E-state index is 0.165. The Hall–Kier alpha value is -1.90. The van der Waals surface area contributed by atoms with E-state index in [0.29, 0.717) is 17.7 Å². The average Bonchev–Trinajstić information content (AvgIpc) is 2.35. The molecule has 0 aliphatic rings. The van der Waals surface area contributed by atoms with Crippen molar-refractivity contribution < 1.29 is 9.18 Å². The SMILES string of the molecule is CN(C)CCNC(=O)c1ccc(F)cc1C#CCN. The van der Waals surface area contributed by atoms with E-state index in [1.54, 1.807) is 0 Å². The van der Waals surface area contributed by atoms with Gasteiger partial charge >= 0.3 is 0 Å². The highest BCUT2D eigenvalue weighted by Gasteiger charge is 2.10. The van der Waals surface area contributed by atoms with Gasteiger partial charge in [0.05, 0.1) is 12.1 Å². The lowest BCUT2D eigenvalue weighted by Gasteiger charge is -2.11. The van der Waals surface area contributed by atoms with Crippen molar-refractivity contribution in [3.05, 3.63) is 35.1 Å². The molecule has 0 unspecified atom stereocenters. The first-order chi connectivity index (χ1) is 9.04. The molecule has 102 valence electrons. The number of carbonyl (C=O) groups is 1. The van der Waals surface area contributed by atoms with Crippen LogP contribution in [0.1, 0.15) is 15.9 Å². The molecule has 5 heteroatoms. The topological polar surface area (TPSA) is 58.4 Å². The van der Waals surface area contributed by atoms with Gasteiger partial charge < -0.3 is 16.0 Å². The summed E-state index contributed by atoms with van der Waals surface area (Å²) in [5.41, 5.74) is 6.00. The van der Waals surface area contributed by atoms with E-state index in [1.807, 2.05) is 19.0 Å². The third-order valence-electron chi connectivity index (χ3n) is 2.40. The first-order valence-corrected chi connectivity index (χ1v) is 5.96. The lowest BCUT2D eigenvalue weighted by molar-refractivity contribution is 0.0951. The van der Waals surface area contributed by atoms with Crippen LogP contribution in [0.3, 0.4) is 0 Å². The lowest BCUT2D eigenvalue weighted by Crippen LogP contribution is -2.31. The first-order valence-electron chi connectivity index (χ1n) is 5.96. The summed E-state index contributed by atoms with van der Waals surface area (Å²) < 4.78 is 13.2. The summed E-state index contributed by atoms with van der Waals surface area (Å²) in [6, 6.07) is 3.92. The number of amides is 1. The third-order valence-corrected chi connectivity index (χ3v) is 2.40. The fraction of sp³-hybridized carbons (Fsp3) is 0.357.